The van der Waals surface area contributed by atoms with Gasteiger partial charge < -0.3 is 25.4 Å². The van der Waals surface area contributed by atoms with Gasteiger partial charge in [-0.05, 0) is 20.3 Å². The van der Waals surface area contributed by atoms with Crippen molar-refractivity contribution < 1.29 is 14.3 Å². The lowest BCUT2D eigenvalue weighted by atomic mass is 10.4. The molecule has 0 aromatic carbocycles. The highest BCUT2D eigenvalue weighted by molar-refractivity contribution is 5.84. The van der Waals surface area contributed by atoms with E-state index in [0.717, 1.165) is 26.0 Å². The number of rotatable bonds is 13. The van der Waals surface area contributed by atoms with Gasteiger partial charge in [-0.2, -0.15) is 0 Å². The Balaban J connectivity index is 3.68. The Morgan fingerprint density at radius 3 is 2.23 bits per heavy atom. The number of carbonyl (C=O) groups excluding carboxylic acids is 1. The molecule has 7 heteroatoms. The van der Waals surface area contributed by atoms with Crippen LogP contribution >= 0.6 is 0 Å². The summed E-state index contributed by atoms with van der Waals surface area (Å²) in [7, 11) is 0. The number of aliphatic imine (C=N–C) groups is 1. The summed E-state index contributed by atoms with van der Waals surface area (Å²) >= 11 is 0. The van der Waals surface area contributed by atoms with Gasteiger partial charge in [0, 0.05) is 26.2 Å². The van der Waals surface area contributed by atoms with Crippen molar-refractivity contribution in [1.29, 1.82) is 0 Å². The largest absolute Gasteiger partial charge is 0.379 e. The minimum Gasteiger partial charge on any atom is -0.379 e. The molecule has 0 bridgehead atoms. The summed E-state index contributed by atoms with van der Waals surface area (Å²) in [4.78, 5) is 15.6. The Hall–Kier alpha value is -1.34. The van der Waals surface area contributed by atoms with Gasteiger partial charge >= 0.3 is 0 Å². The summed E-state index contributed by atoms with van der Waals surface area (Å²) in [6, 6.07) is 0. The van der Waals surface area contributed by atoms with E-state index >= 15 is 0 Å². The first kappa shape index (κ1) is 20.7. The molecule has 0 spiro atoms. The fraction of sp³-hybridized carbons (Fsp3) is 0.867. The number of guanidine groups is 1. The van der Waals surface area contributed by atoms with Crippen molar-refractivity contribution in [2.75, 3.05) is 52.6 Å². The van der Waals surface area contributed by atoms with Gasteiger partial charge in [-0.1, -0.05) is 13.3 Å². The van der Waals surface area contributed by atoms with E-state index in [4.69, 9.17) is 9.47 Å². The van der Waals surface area contributed by atoms with Gasteiger partial charge in [0.1, 0.15) is 6.54 Å². The van der Waals surface area contributed by atoms with Crippen molar-refractivity contribution in [3.05, 3.63) is 0 Å². The first-order valence-electron chi connectivity index (χ1n) is 8.18. The lowest BCUT2D eigenvalue weighted by Gasteiger charge is -2.11. The van der Waals surface area contributed by atoms with Crippen molar-refractivity contribution in [3.63, 3.8) is 0 Å². The lowest BCUT2D eigenvalue weighted by Crippen LogP contribution is -2.40. The molecule has 0 heterocycles. The normalized spacial score (nSPS) is 11.3. The number of amides is 1. The molecule has 1 amide bonds. The van der Waals surface area contributed by atoms with Crippen LogP contribution in [0.3, 0.4) is 0 Å². The number of unbranched alkanes of at least 4 members (excludes halogenated alkanes) is 1. The van der Waals surface area contributed by atoms with Crippen LogP contribution in [0.4, 0.5) is 0 Å². The minimum atomic E-state index is -0.0832. The number of hydrogen-bond donors (Lipinski definition) is 3. The summed E-state index contributed by atoms with van der Waals surface area (Å²) in [6.07, 6.45) is 2.24. The lowest BCUT2D eigenvalue weighted by molar-refractivity contribution is -0.119. The SMILES string of the molecule is CCCCOCCOCCNC(=NCC(=O)NCC)NCC. The van der Waals surface area contributed by atoms with Crippen molar-refractivity contribution in [1.82, 2.24) is 16.0 Å². The zero-order valence-corrected chi connectivity index (χ0v) is 14.2. The standard InChI is InChI=1S/C15H32N4O3/c1-4-7-9-21-11-12-22-10-8-18-15(17-6-3)19-13-14(20)16-5-2/h4-13H2,1-3H3,(H,16,20)(H2,17,18,19). The van der Waals surface area contributed by atoms with Crippen LogP contribution in [-0.2, 0) is 14.3 Å². The molecule has 22 heavy (non-hydrogen) atoms. The third kappa shape index (κ3) is 13.6. The molecule has 0 rings (SSSR count). The number of ether oxygens (including phenoxy) is 2. The minimum absolute atomic E-state index is 0.0832. The Morgan fingerprint density at radius 1 is 0.909 bits per heavy atom. The molecule has 0 aromatic heterocycles. The average Bonchev–Trinajstić information content (AvgIpc) is 2.51. The maximum Gasteiger partial charge on any atom is 0.241 e. The molecule has 130 valence electrons. The van der Waals surface area contributed by atoms with E-state index in [1.807, 2.05) is 13.8 Å². The summed E-state index contributed by atoms with van der Waals surface area (Å²) in [5.41, 5.74) is 0. The number of likely N-dealkylation sites (N-methyl/N-ethyl adjacent to an activating group) is 1. The molecule has 0 radical (unpaired) electrons. The molecular weight excluding hydrogens is 284 g/mol. The first-order valence-corrected chi connectivity index (χ1v) is 8.18. The van der Waals surface area contributed by atoms with Crippen LogP contribution in [0.5, 0.6) is 0 Å². The molecule has 0 fully saturated rings. The van der Waals surface area contributed by atoms with Crippen molar-refractivity contribution in [2.45, 2.75) is 33.6 Å². The predicted molar refractivity (Wildman–Crippen MR) is 89.2 cm³/mol. The predicted octanol–water partition coefficient (Wildman–Crippen LogP) is 0.511. The fourth-order valence-electron chi connectivity index (χ4n) is 1.56. The maximum absolute atomic E-state index is 11.4. The molecule has 0 saturated carbocycles. The van der Waals surface area contributed by atoms with E-state index < -0.39 is 0 Å². The molecule has 3 N–H and O–H groups in total. The summed E-state index contributed by atoms with van der Waals surface area (Å²) in [6.45, 7) is 10.7. The maximum atomic E-state index is 11.4. The third-order valence-electron chi connectivity index (χ3n) is 2.65. The Kier molecular flexibility index (Phi) is 15.1. The molecule has 0 unspecified atom stereocenters. The molecule has 0 aliphatic rings. The van der Waals surface area contributed by atoms with Gasteiger partial charge in [-0.3, -0.25) is 4.79 Å². The number of nitrogens with one attached hydrogen (secondary N) is 3. The summed E-state index contributed by atoms with van der Waals surface area (Å²) in [5, 5.41) is 8.91. The second kappa shape index (κ2) is 16.0. The van der Waals surface area contributed by atoms with Gasteiger partial charge in [-0.25, -0.2) is 4.99 Å². The zero-order chi connectivity index (χ0) is 16.5. The van der Waals surface area contributed by atoms with Gasteiger partial charge in [0.25, 0.3) is 0 Å². The van der Waals surface area contributed by atoms with Crippen molar-refractivity contribution in [3.8, 4) is 0 Å². The fourth-order valence-corrected chi connectivity index (χ4v) is 1.56. The van der Waals surface area contributed by atoms with Crippen molar-refractivity contribution in [2.24, 2.45) is 4.99 Å². The van der Waals surface area contributed by atoms with Crippen LogP contribution in [0, 0.1) is 0 Å². The molecule has 7 nitrogen and oxygen atoms in total. The van der Waals surface area contributed by atoms with E-state index in [1.165, 1.54) is 0 Å². The van der Waals surface area contributed by atoms with Crippen LogP contribution in [0.1, 0.15) is 33.6 Å². The van der Waals surface area contributed by atoms with Gasteiger partial charge in [0.2, 0.25) is 5.91 Å². The third-order valence-corrected chi connectivity index (χ3v) is 2.65. The first-order chi connectivity index (χ1) is 10.7. The summed E-state index contributed by atoms with van der Waals surface area (Å²) in [5.74, 6) is 0.539. The van der Waals surface area contributed by atoms with E-state index in [2.05, 4.69) is 27.9 Å². The van der Waals surface area contributed by atoms with Gasteiger partial charge in [0.15, 0.2) is 5.96 Å². The molecule has 0 saturated heterocycles. The monoisotopic (exact) mass is 316 g/mol. The molecule has 0 aromatic rings. The molecule has 0 atom stereocenters. The van der Waals surface area contributed by atoms with E-state index in [9.17, 15) is 4.79 Å². The summed E-state index contributed by atoms with van der Waals surface area (Å²) < 4.78 is 10.9. The van der Waals surface area contributed by atoms with E-state index in [1.54, 1.807) is 0 Å². The highest BCUT2D eigenvalue weighted by Crippen LogP contribution is 1.87. The van der Waals surface area contributed by atoms with Crippen LogP contribution in [-0.4, -0.2) is 64.5 Å². The molecule has 0 aliphatic carbocycles. The molecule has 0 aliphatic heterocycles. The number of hydrogen-bond acceptors (Lipinski definition) is 4. The van der Waals surface area contributed by atoms with Crippen LogP contribution in [0.2, 0.25) is 0 Å². The highest BCUT2D eigenvalue weighted by Gasteiger charge is 2.00. The van der Waals surface area contributed by atoms with Crippen LogP contribution in [0.15, 0.2) is 4.99 Å². The quantitative estimate of drug-likeness (QED) is 0.262. The van der Waals surface area contributed by atoms with E-state index in [-0.39, 0.29) is 12.5 Å². The Morgan fingerprint density at radius 2 is 1.59 bits per heavy atom. The number of carbonyl (C=O) groups is 1. The van der Waals surface area contributed by atoms with Crippen molar-refractivity contribution >= 4 is 11.9 Å². The molecular formula is C15H32N4O3. The highest BCUT2D eigenvalue weighted by atomic mass is 16.5. The topological polar surface area (TPSA) is 84.0 Å². The average molecular weight is 316 g/mol. The van der Waals surface area contributed by atoms with Crippen LogP contribution < -0.4 is 16.0 Å². The van der Waals surface area contributed by atoms with E-state index in [0.29, 0.717) is 38.9 Å². The second-order valence-electron chi connectivity index (χ2n) is 4.65. The zero-order valence-electron chi connectivity index (χ0n) is 14.2. The Labute approximate surface area is 134 Å². The number of nitrogens with zero attached hydrogens (tertiary/aromatic N) is 1. The second-order valence-corrected chi connectivity index (χ2v) is 4.65. The van der Waals surface area contributed by atoms with Gasteiger partial charge in [0.05, 0.1) is 19.8 Å². The smallest absolute Gasteiger partial charge is 0.241 e. The van der Waals surface area contributed by atoms with Gasteiger partial charge in [-0.15, -0.1) is 0 Å². The van der Waals surface area contributed by atoms with Crippen LogP contribution in [0.25, 0.3) is 0 Å². The Bertz CT molecular complexity index is 299.